The molecular formula is C22H26ClFN4O. The number of rotatable bonds is 8. The maximum Gasteiger partial charge on any atom is 0.224 e. The number of carbonyl (C=O) groups is 1. The van der Waals surface area contributed by atoms with Gasteiger partial charge in [-0.3, -0.25) is 4.79 Å². The van der Waals surface area contributed by atoms with E-state index in [1.165, 1.54) is 12.1 Å². The van der Waals surface area contributed by atoms with Crippen molar-refractivity contribution in [1.29, 1.82) is 0 Å². The topological polar surface area (TPSA) is 58.9 Å². The molecule has 154 valence electrons. The first-order chi connectivity index (χ1) is 13.6. The summed E-state index contributed by atoms with van der Waals surface area (Å²) in [6.45, 7) is 5.48. The average molecular weight is 417 g/mol. The minimum absolute atomic E-state index is 0. The van der Waals surface area contributed by atoms with Crippen LogP contribution < -0.4 is 10.6 Å². The van der Waals surface area contributed by atoms with Gasteiger partial charge in [-0.2, -0.15) is 5.10 Å². The molecule has 1 aromatic heterocycles. The number of aromatic nitrogens is 2. The van der Waals surface area contributed by atoms with Crippen LogP contribution in [-0.4, -0.2) is 34.8 Å². The monoisotopic (exact) mass is 416 g/mol. The van der Waals surface area contributed by atoms with Gasteiger partial charge in [0.05, 0.1) is 17.8 Å². The molecule has 0 unspecified atom stereocenters. The lowest BCUT2D eigenvalue weighted by Gasteiger charge is -2.13. The van der Waals surface area contributed by atoms with Gasteiger partial charge in [-0.05, 0) is 49.9 Å². The van der Waals surface area contributed by atoms with Crippen molar-refractivity contribution in [2.45, 2.75) is 26.3 Å². The van der Waals surface area contributed by atoms with Gasteiger partial charge in [0, 0.05) is 29.9 Å². The summed E-state index contributed by atoms with van der Waals surface area (Å²) in [5.74, 6) is -0.372. The minimum atomic E-state index is -0.303. The number of nitrogens with zero attached hydrogens (tertiary/aromatic N) is 2. The zero-order chi connectivity index (χ0) is 19.9. The Bertz CT molecular complexity index is 912. The van der Waals surface area contributed by atoms with Crippen molar-refractivity contribution in [2.24, 2.45) is 0 Å². The number of hydrogen-bond donors (Lipinski definition) is 2. The molecule has 3 aromatic rings. The first kappa shape index (κ1) is 22.6. The summed E-state index contributed by atoms with van der Waals surface area (Å²) in [6.07, 6.45) is 2.07. The molecule has 0 spiro atoms. The molecule has 3 rings (SSSR count). The zero-order valence-corrected chi connectivity index (χ0v) is 17.4. The van der Waals surface area contributed by atoms with Gasteiger partial charge in [-0.15, -0.1) is 12.4 Å². The van der Waals surface area contributed by atoms with Crippen LogP contribution in [0, 0.1) is 5.82 Å². The van der Waals surface area contributed by atoms with Crippen molar-refractivity contribution in [3.8, 4) is 16.9 Å². The van der Waals surface area contributed by atoms with E-state index in [1.807, 2.05) is 50.4 Å². The number of nitrogens with one attached hydrogen (secondary N) is 2. The molecule has 0 radical (unpaired) electrons. The molecule has 0 aliphatic carbocycles. The van der Waals surface area contributed by atoms with E-state index in [-0.39, 0.29) is 36.6 Å². The molecule has 1 amide bonds. The van der Waals surface area contributed by atoms with Gasteiger partial charge in [-0.25, -0.2) is 9.07 Å². The summed E-state index contributed by atoms with van der Waals surface area (Å²) in [5.41, 5.74) is 3.15. The van der Waals surface area contributed by atoms with Crippen LogP contribution in [0.15, 0.2) is 60.8 Å². The van der Waals surface area contributed by atoms with Crippen LogP contribution in [0.3, 0.4) is 0 Å². The fourth-order valence-corrected chi connectivity index (χ4v) is 3.03. The second kappa shape index (κ2) is 10.7. The lowest BCUT2D eigenvalue weighted by Crippen LogP contribution is -2.39. The van der Waals surface area contributed by atoms with Crippen molar-refractivity contribution in [3.05, 3.63) is 72.2 Å². The third kappa shape index (κ3) is 6.14. The molecule has 0 bridgehead atoms. The SMILES string of the molecule is CCN[C@H](C)CNC(=O)Cc1cn(-c2ccccc2)nc1-c1ccc(F)cc1.Cl. The molecule has 0 fully saturated rings. The summed E-state index contributed by atoms with van der Waals surface area (Å²) < 4.78 is 15.1. The Kier molecular flexibility index (Phi) is 8.36. The average Bonchev–Trinajstić information content (AvgIpc) is 3.11. The Morgan fingerprint density at radius 3 is 2.48 bits per heavy atom. The summed E-state index contributed by atoms with van der Waals surface area (Å²) in [7, 11) is 0. The summed E-state index contributed by atoms with van der Waals surface area (Å²) >= 11 is 0. The third-order valence-corrected chi connectivity index (χ3v) is 4.44. The third-order valence-electron chi connectivity index (χ3n) is 4.44. The van der Waals surface area contributed by atoms with Crippen LogP contribution in [0.2, 0.25) is 0 Å². The normalized spacial score (nSPS) is 11.6. The Morgan fingerprint density at radius 1 is 1.14 bits per heavy atom. The highest BCUT2D eigenvalue weighted by molar-refractivity contribution is 5.85. The van der Waals surface area contributed by atoms with Crippen molar-refractivity contribution in [1.82, 2.24) is 20.4 Å². The van der Waals surface area contributed by atoms with E-state index < -0.39 is 0 Å². The lowest BCUT2D eigenvalue weighted by atomic mass is 10.1. The Hall–Kier alpha value is -2.70. The quantitative estimate of drug-likeness (QED) is 0.587. The summed E-state index contributed by atoms with van der Waals surface area (Å²) in [4.78, 5) is 12.5. The van der Waals surface area contributed by atoms with E-state index in [4.69, 9.17) is 0 Å². The van der Waals surface area contributed by atoms with E-state index in [2.05, 4.69) is 15.7 Å². The van der Waals surface area contributed by atoms with Crippen LogP contribution in [0.25, 0.3) is 16.9 Å². The van der Waals surface area contributed by atoms with Crippen molar-refractivity contribution >= 4 is 18.3 Å². The van der Waals surface area contributed by atoms with Gasteiger partial charge in [-0.1, -0.05) is 25.1 Å². The molecule has 2 aromatic carbocycles. The van der Waals surface area contributed by atoms with Crippen molar-refractivity contribution in [2.75, 3.05) is 13.1 Å². The van der Waals surface area contributed by atoms with Crippen LogP contribution in [0.1, 0.15) is 19.4 Å². The highest BCUT2D eigenvalue weighted by atomic mass is 35.5. The standard InChI is InChI=1S/C22H25FN4O.ClH/c1-3-24-16(2)14-25-21(28)13-18-15-27(20-7-5-4-6-8-20)26-22(18)17-9-11-19(23)12-10-17;/h4-12,15-16,24H,3,13-14H2,1-2H3,(H,25,28);1H/t16-;/m1./s1. The van der Waals surface area contributed by atoms with Crippen LogP contribution in [0.4, 0.5) is 4.39 Å². The number of halogens is 2. The van der Waals surface area contributed by atoms with E-state index in [9.17, 15) is 9.18 Å². The molecule has 0 saturated heterocycles. The Labute approximate surface area is 176 Å². The first-order valence-corrected chi connectivity index (χ1v) is 9.46. The fourth-order valence-electron chi connectivity index (χ4n) is 3.03. The Morgan fingerprint density at radius 2 is 1.83 bits per heavy atom. The van der Waals surface area contributed by atoms with Gasteiger partial charge in [0.15, 0.2) is 0 Å². The largest absolute Gasteiger partial charge is 0.354 e. The van der Waals surface area contributed by atoms with E-state index in [0.717, 1.165) is 23.4 Å². The number of hydrogen-bond acceptors (Lipinski definition) is 3. The minimum Gasteiger partial charge on any atom is -0.354 e. The van der Waals surface area contributed by atoms with Gasteiger partial charge < -0.3 is 10.6 Å². The highest BCUT2D eigenvalue weighted by Gasteiger charge is 2.16. The first-order valence-electron chi connectivity index (χ1n) is 9.46. The highest BCUT2D eigenvalue weighted by Crippen LogP contribution is 2.24. The number of carbonyl (C=O) groups excluding carboxylic acids is 1. The molecule has 0 aliphatic heterocycles. The number of para-hydroxylation sites is 1. The molecule has 0 saturated carbocycles. The number of benzene rings is 2. The molecule has 29 heavy (non-hydrogen) atoms. The summed E-state index contributed by atoms with van der Waals surface area (Å²) in [6, 6.07) is 16.1. The maximum absolute atomic E-state index is 13.3. The van der Waals surface area contributed by atoms with Crippen molar-refractivity contribution < 1.29 is 9.18 Å². The Balaban J connectivity index is 0.00000300. The molecule has 7 heteroatoms. The zero-order valence-electron chi connectivity index (χ0n) is 16.6. The number of likely N-dealkylation sites (N-methyl/N-ethyl adjacent to an activating group) is 1. The van der Waals surface area contributed by atoms with E-state index in [0.29, 0.717) is 12.2 Å². The molecule has 5 nitrogen and oxygen atoms in total. The van der Waals surface area contributed by atoms with Gasteiger partial charge in [0.25, 0.3) is 0 Å². The van der Waals surface area contributed by atoms with Crippen LogP contribution in [-0.2, 0) is 11.2 Å². The predicted molar refractivity (Wildman–Crippen MR) is 116 cm³/mol. The van der Waals surface area contributed by atoms with Crippen LogP contribution in [0.5, 0.6) is 0 Å². The number of amides is 1. The van der Waals surface area contributed by atoms with Crippen molar-refractivity contribution in [3.63, 3.8) is 0 Å². The van der Waals surface area contributed by atoms with Gasteiger partial charge >= 0.3 is 0 Å². The van der Waals surface area contributed by atoms with Crippen LogP contribution >= 0.6 is 12.4 Å². The molecule has 0 aliphatic rings. The molecular weight excluding hydrogens is 391 g/mol. The molecule has 1 atom stereocenters. The van der Waals surface area contributed by atoms with E-state index in [1.54, 1.807) is 16.8 Å². The summed E-state index contributed by atoms with van der Waals surface area (Å²) in [5, 5.41) is 10.9. The van der Waals surface area contributed by atoms with Gasteiger partial charge in [0.1, 0.15) is 5.82 Å². The molecule has 2 N–H and O–H groups in total. The maximum atomic E-state index is 13.3. The van der Waals surface area contributed by atoms with E-state index >= 15 is 0 Å². The smallest absolute Gasteiger partial charge is 0.224 e. The predicted octanol–water partition coefficient (Wildman–Crippen LogP) is 3.76. The lowest BCUT2D eigenvalue weighted by molar-refractivity contribution is -0.120. The van der Waals surface area contributed by atoms with Gasteiger partial charge in [0.2, 0.25) is 5.91 Å². The molecule has 1 heterocycles. The fraction of sp³-hybridized carbons (Fsp3) is 0.273. The second-order valence-corrected chi connectivity index (χ2v) is 6.73. The second-order valence-electron chi connectivity index (χ2n) is 6.73.